The predicted molar refractivity (Wildman–Crippen MR) is 101 cm³/mol. The van der Waals surface area contributed by atoms with E-state index >= 15 is 0 Å². The van der Waals surface area contributed by atoms with Crippen LogP contribution in [-0.2, 0) is 19.1 Å². The lowest BCUT2D eigenvalue weighted by Gasteiger charge is -2.30. The molecule has 0 N–H and O–H groups in total. The number of ether oxygens (including phenoxy) is 2. The summed E-state index contributed by atoms with van der Waals surface area (Å²) in [6, 6.07) is 0. The van der Waals surface area contributed by atoms with Crippen molar-refractivity contribution in [2.75, 3.05) is 0 Å². The summed E-state index contributed by atoms with van der Waals surface area (Å²) in [5, 5.41) is 0. The third-order valence-electron chi connectivity index (χ3n) is 5.27. The zero-order valence-electron chi connectivity index (χ0n) is 15.7. The SMILES string of the molecule is C=CC(=O)OC1(C#CC2(OC(=O)C=C)CCCCCC2)CCCCCC1. The van der Waals surface area contributed by atoms with Gasteiger partial charge in [0.15, 0.2) is 11.2 Å². The van der Waals surface area contributed by atoms with Gasteiger partial charge in [-0.3, -0.25) is 0 Å². The van der Waals surface area contributed by atoms with Crippen LogP contribution in [0.3, 0.4) is 0 Å². The lowest BCUT2D eigenvalue weighted by molar-refractivity contribution is -0.151. The van der Waals surface area contributed by atoms with Crippen LogP contribution in [-0.4, -0.2) is 23.1 Å². The van der Waals surface area contributed by atoms with Crippen molar-refractivity contribution >= 4 is 11.9 Å². The summed E-state index contributed by atoms with van der Waals surface area (Å²) in [5.74, 6) is 5.62. The summed E-state index contributed by atoms with van der Waals surface area (Å²) in [7, 11) is 0. The molecule has 0 saturated heterocycles. The highest BCUT2D eigenvalue weighted by Crippen LogP contribution is 2.34. The Morgan fingerprint density at radius 3 is 1.23 bits per heavy atom. The Kier molecular flexibility index (Phi) is 7.50. The van der Waals surface area contributed by atoms with Crippen molar-refractivity contribution in [3.63, 3.8) is 0 Å². The van der Waals surface area contributed by atoms with Crippen LogP contribution in [0.4, 0.5) is 0 Å². The molecule has 0 aliphatic heterocycles. The van der Waals surface area contributed by atoms with E-state index in [-0.39, 0.29) is 0 Å². The van der Waals surface area contributed by atoms with Crippen molar-refractivity contribution in [1.82, 2.24) is 0 Å². The maximum Gasteiger partial charge on any atom is 0.331 e. The quantitative estimate of drug-likeness (QED) is 0.318. The summed E-state index contributed by atoms with van der Waals surface area (Å²) in [6.07, 6.45) is 13.6. The number of rotatable bonds is 4. The van der Waals surface area contributed by atoms with Crippen LogP contribution in [0.25, 0.3) is 0 Å². The molecule has 2 fully saturated rings. The third-order valence-corrected chi connectivity index (χ3v) is 5.27. The number of carbonyl (C=O) groups is 2. The molecule has 0 spiro atoms. The van der Waals surface area contributed by atoms with Gasteiger partial charge >= 0.3 is 11.9 Å². The van der Waals surface area contributed by atoms with Gasteiger partial charge in [0.1, 0.15) is 0 Å². The molecule has 0 radical (unpaired) electrons. The average Bonchev–Trinajstić information content (AvgIpc) is 3.01. The van der Waals surface area contributed by atoms with Crippen LogP contribution in [0.15, 0.2) is 25.3 Å². The van der Waals surface area contributed by atoms with Gasteiger partial charge in [-0.25, -0.2) is 9.59 Å². The van der Waals surface area contributed by atoms with Crippen LogP contribution >= 0.6 is 0 Å². The van der Waals surface area contributed by atoms with Crippen molar-refractivity contribution < 1.29 is 19.1 Å². The van der Waals surface area contributed by atoms with Crippen molar-refractivity contribution in [2.45, 2.75) is 88.3 Å². The second-order valence-corrected chi connectivity index (χ2v) is 7.32. The van der Waals surface area contributed by atoms with E-state index in [1.54, 1.807) is 0 Å². The Balaban J connectivity index is 2.33. The summed E-state index contributed by atoms with van der Waals surface area (Å²) in [5.41, 5.74) is -1.61. The minimum absolute atomic E-state index is 0.445. The second-order valence-electron chi connectivity index (χ2n) is 7.32. The van der Waals surface area contributed by atoms with Crippen LogP contribution in [0.2, 0.25) is 0 Å². The molecular weight excluding hydrogens is 328 g/mol. The first kappa shape index (κ1) is 20.3. The van der Waals surface area contributed by atoms with Crippen molar-refractivity contribution in [3.8, 4) is 11.8 Å². The molecule has 142 valence electrons. The van der Waals surface area contributed by atoms with E-state index in [4.69, 9.17) is 9.47 Å². The predicted octanol–water partition coefficient (Wildman–Crippen LogP) is 4.63. The minimum Gasteiger partial charge on any atom is -0.443 e. The first-order chi connectivity index (χ1) is 12.5. The van der Waals surface area contributed by atoms with Crippen LogP contribution in [0, 0.1) is 11.8 Å². The Hall–Kier alpha value is -2.02. The van der Waals surface area contributed by atoms with Gasteiger partial charge in [0.25, 0.3) is 0 Å². The third kappa shape index (κ3) is 5.76. The van der Waals surface area contributed by atoms with Gasteiger partial charge in [0, 0.05) is 12.2 Å². The topological polar surface area (TPSA) is 52.6 Å². The fourth-order valence-electron chi connectivity index (χ4n) is 3.80. The molecule has 0 aromatic carbocycles. The van der Waals surface area contributed by atoms with Gasteiger partial charge in [-0.15, -0.1) is 0 Å². The van der Waals surface area contributed by atoms with Crippen molar-refractivity contribution in [3.05, 3.63) is 25.3 Å². The largest absolute Gasteiger partial charge is 0.443 e. The van der Waals surface area contributed by atoms with Crippen LogP contribution in [0.1, 0.15) is 77.0 Å². The Morgan fingerprint density at radius 2 is 0.962 bits per heavy atom. The molecule has 26 heavy (non-hydrogen) atoms. The maximum absolute atomic E-state index is 11.9. The van der Waals surface area contributed by atoms with Crippen LogP contribution < -0.4 is 0 Å². The highest BCUT2D eigenvalue weighted by Gasteiger charge is 2.36. The average molecular weight is 358 g/mol. The van der Waals surface area contributed by atoms with E-state index in [2.05, 4.69) is 25.0 Å². The summed E-state index contributed by atoms with van der Waals surface area (Å²) in [6.45, 7) is 7.01. The van der Waals surface area contributed by atoms with Gasteiger partial charge in [0.05, 0.1) is 0 Å². The monoisotopic (exact) mass is 358 g/mol. The summed E-state index contributed by atoms with van der Waals surface area (Å²) < 4.78 is 11.4. The molecule has 0 aromatic rings. The van der Waals surface area contributed by atoms with Crippen molar-refractivity contribution in [2.24, 2.45) is 0 Å². The van der Waals surface area contributed by atoms with Gasteiger partial charge in [-0.2, -0.15) is 0 Å². The van der Waals surface area contributed by atoms with E-state index in [1.807, 2.05) is 0 Å². The number of hydrogen-bond acceptors (Lipinski definition) is 4. The van der Waals surface area contributed by atoms with Gasteiger partial charge < -0.3 is 9.47 Å². The normalized spacial score (nSPS) is 21.7. The molecule has 2 aliphatic carbocycles. The van der Waals surface area contributed by atoms with Gasteiger partial charge in [0.2, 0.25) is 0 Å². The Bertz CT molecular complexity index is 527. The number of carbonyl (C=O) groups excluding carboxylic acids is 2. The minimum atomic E-state index is -0.804. The maximum atomic E-state index is 11.9. The lowest BCUT2D eigenvalue weighted by Crippen LogP contribution is -2.36. The van der Waals surface area contributed by atoms with Gasteiger partial charge in [-0.05, 0) is 51.4 Å². The molecule has 0 unspecified atom stereocenters. The first-order valence-electron chi connectivity index (χ1n) is 9.78. The highest BCUT2D eigenvalue weighted by molar-refractivity contribution is 5.82. The van der Waals surface area contributed by atoms with Crippen LogP contribution in [0.5, 0.6) is 0 Å². The van der Waals surface area contributed by atoms with E-state index in [9.17, 15) is 9.59 Å². The molecule has 2 aliphatic rings. The molecule has 4 heteroatoms. The van der Waals surface area contributed by atoms with E-state index in [0.717, 1.165) is 51.4 Å². The molecule has 2 rings (SSSR count). The molecular formula is C22H30O4. The highest BCUT2D eigenvalue weighted by atomic mass is 16.6. The summed E-state index contributed by atoms with van der Waals surface area (Å²) in [4.78, 5) is 23.8. The molecule has 0 atom stereocenters. The Labute approximate surface area is 157 Å². The summed E-state index contributed by atoms with van der Waals surface area (Å²) >= 11 is 0. The zero-order chi connectivity index (χ0) is 18.9. The zero-order valence-corrected chi connectivity index (χ0v) is 15.7. The van der Waals surface area contributed by atoms with E-state index in [1.165, 1.54) is 12.2 Å². The van der Waals surface area contributed by atoms with Gasteiger partial charge in [-0.1, -0.05) is 50.7 Å². The molecule has 0 aromatic heterocycles. The second kappa shape index (κ2) is 9.62. The first-order valence-corrected chi connectivity index (χ1v) is 9.78. The smallest absolute Gasteiger partial charge is 0.331 e. The molecule has 0 heterocycles. The van der Waals surface area contributed by atoms with E-state index < -0.39 is 23.1 Å². The molecule has 0 amide bonds. The fraction of sp³-hybridized carbons (Fsp3) is 0.636. The molecule has 2 saturated carbocycles. The van der Waals surface area contributed by atoms with Crippen molar-refractivity contribution in [1.29, 1.82) is 0 Å². The van der Waals surface area contributed by atoms with E-state index in [0.29, 0.717) is 25.7 Å². The fourth-order valence-corrected chi connectivity index (χ4v) is 3.80. The molecule has 4 nitrogen and oxygen atoms in total. The number of esters is 2. The Morgan fingerprint density at radius 1 is 0.654 bits per heavy atom. The molecule has 0 bridgehead atoms. The lowest BCUT2D eigenvalue weighted by atomic mass is 9.90. The number of hydrogen-bond donors (Lipinski definition) is 0. The standard InChI is InChI=1S/C22H30O4/c1-3-19(23)25-21(13-9-5-6-10-14-21)17-18-22(26-20(24)4-2)15-11-7-8-12-16-22/h3-4H,1-2,5-16H2.